The molecule has 24 heavy (non-hydrogen) atoms. The zero-order valence-corrected chi connectivity index (χ0v) is 14.4. The molecule has 1 N–H and O–H groups in total. The Hall–Kier alpha value is -2.67. The van der Waals surface area contributed by atoms with E-state index in [-0.39, 0.29) is 12.5 Å². The summed E-state index contributed by atoms with van der Waals surface area (Å²) in [6, 6.07) is 11.3. The first kappa shape index (κ1) is 14.9. The van der Waals surface area contributed by atoms with Crippen LogP contribution in [0, 0.1) is 6.92 Å². The predicted octanol–water partition coefficient (Wildman–Crippen LogP) is 3.48. The van der Waals surface area contributed by atoms with Crippen molar-refractivity contribution in [3.8, 4) is 0 Å². The molecule has 6 nitrogen and oxygen atoms in total. The number of rotatable bonds is 3. The van der Waals surface area contributed by atoms with Crippen molar-refractivity contribution in [3.05, 3.63) is 64.2 Å². The molecule has 0 bridgehead atoms. The summed E-state index contributed by atoms with van der Waals surface area (Å²) in [6.45, 7) is 2.14. The van der Waals surface area contributed by atoms with Gasteiger partial charge in [-0.15, -0.1) is 10.2 Å². The molecule has 1 amide bonds. The number of nitrogens with one attached hydrogen (secondary N) is 1. The van der Waals surface area contributed by atoms with Gasteiger partial charge in [0.25, 0.3) is 5.91 Å². The standard InChI is InChI=1S/C17H13BrN4O2/c1-10-12-8-11(18)5-6-13(12)24-16(10)17(23)19-9-15-21-20-14-4-2-3-7-22(14)15/h2-8H,9H2,1H3,(H,19,23). The van der Waals surface area contributed by atoms with Gasteiger partial charge in [0, 0.05) is 21.6 Å². The van der Waals surface area contributed by atoms with Gasteiger partial charge in [-0.25, -0.2) is 0 Å². The second kappa shape index (κ2) is 5.76. The van der Waals surface area contributed by atoms with Gasteiger partial charge >= 0.3 is 0 Å². The maximum atomic E-state index is 12.5. The van der Waals surface area contributed by atoms with Gasteiger partial charge in [-0.05, 0) is 37.3 Å². The third kappa shape index (κ3) is 2.46. The van der Waals surface area contributed by atoms with Crippen LogP contribution in [-0.4, -0.2) is 20.5 Å². The van der Waals surface area contributed by atoms with Gasteiger partial charge in [0.15, 0.2) is 17.2 Å². The summed E-state index contributed by atoms with van der Waals surface area (Å²) in [5.74, 6) is 0.708. The lowest BCUT2D eigenvalue weighted by Gasteiger charge is -2.02. The molecule has 0 aliphatic rings. The topological polar surface area (TPSA) is 72.4 Å². The number of nitrogens with zero attached hydrogens (tertiary/aromatic N) is 3. The molecule has 1 aromatic carbocycles. The maximum Gasteiger partial charge on any atom is 0.287 e. The van der Waals surface area contributed by atoms with E-state index in [4.69, 9.17) is 4.42 Å². The normalized spacial score (nSPS) is 11.2. The van der Waals surface area contributed by atoms with Crippen LogP contribution in [0.2, 0.25) is 0 Å². The fraction of sp³-hybridized carbons (Fsp3) is 0.118. The molecule has 4 rings (SSSR count). The molecular weight excluding hydrogens is 372 g/mol. The van der Waals surface area contributed by atoms with Crippen molar-refractivity contribution < 1.29 is 9.21 Å². The van der Waals surface area contributed by atoms with Crippen LogP contribution in [0.4, 0.5) is 0 Å². The monoisotopic (exact) mass is 384 g/mol. The van der Waals surface area contributed by atoms with Gasteiger partial charge in [0.1, 0.15) is 5.58 Å². The molecule has 0 saturated heterocycles. The van der Waals surface area contributed by atoms with E-state index < -0.39 is 0 Å². The molecule has 0 aliphatic carbocycles. The third-order valence-corrected chi connectivity index (χ3v) is 4.39. The number of hydrogen-bond donors (Lipinski definition) is 1. The molecule has 120 valence electrons. The fourth-order valence-electron chi connectivity index (χ4n) is 2.66. The maximum absolute atomic E-state index is 12.5. The average molecular weight is 385 g/mol. The summed E-state index contributed by atoms with van der Waals surface area (Å²) in [4.78, 5) is 12.5. The van der Waals surface area contributed by atoms with Crippen molar-refractivity contribution in [3.63, 3.8) is 0 Å². The molecule has 0 aliphatic heterocycles. The van der Waals surface area contributed by atoms with E-state index in [0.29, 0.717) is 17.2 Å². The van der Waals surface area contributed by atoms with Gasteiger partial charge in [-0.2, -0.15) is 0 Å². The van der Waals surface area contributed by atoms with Crippen LogP contribution in [-0.2, 0) is 6.54 Å². The quantitative estimate of drug-likeness (QED) is 0.586. The number of benzene rings is 1. The molecule has 0 saturated carbocycles. The summed E-state index contributed by atoms with van der Waals surface area (Å²) in [6.07, 6.45) is 1.86. The van der Waals surface area contributed by atoms with Crippen molar-refractivity contribution in [2.75, 3.05) is 0 Å². The highest BCUT2D eigenvalue weighted by molar-refractivity contribution is 9.10. The SMILES string of the molecule is Cc1c(C(=O)NCc2nnc3ccccn23)oc2ccc(Br)cc12. The number of carbonyl (C=O) groups is 1. The average Bonchev–Trinajstić information content (AvgIpc) is 3.14. The number of aryl methyl sites for hydroxylation is 1. The van der Waals surface area contributed by atoms with E-state index in [9.17, 15) is 4.79 Å². The van der Waals surface area contributed by atoms with Gasteiger partial charge in [0.2, 0.25) is 0 Å². The lowest BCUT2D eigenvalue weighted by atomic mass is 10.1. The molecular formula is C17H13BrN4O2. The van der Waals surface area contributed by atoms with Crippen LogP contribution in [0.1, 0.15) is 21.9 Å². The van der Waals surface area contributed by atoms with E-state index >= 15 is 0 Å². The summed E-state index contributed by atoms with van der Waals surface area (Å²) in [5.41, 5.74) is 2.25. The lowest BCUT2D eigenvalue weighted by molar-refractivity contribution is 0.0923. The van der Waals surface area contributed by atoms with E-state index in [2.05, 4.69) is 31.4 Å². The van der Waals surface area contributed by atoms with E-state index in [1.165, 1.54) is 0 Å². The van der Waals surface area contributed by atoms with Crippen LogP contribution >= 0.6 is 15.9 Å². The van der Waals surface area contributed by atoms with Crippen molar-refractivity contribution in [2.24, 2.45) is 0 Å². The Morgan fingerprint density at radius 1 is 1.29 bits per heavy atom. The number of pyridine rings is 1. The van der Waals surface area contributed by atoms with Crippen LogP contribution < -0.4 is 5.32 Å². The summed E-state index contributed by atoms with van der Waals surface area (Å²) >= 11 is 3.43. The summed E-state index contributed by atoms with van der Waals surface area (Å²) in [7, 11) is 0. The Balaban J connectivity index is 1.59. The van der Waals surface area contributed by atoms with E-state index in [1.54, 1.807) is 0 Å². The van der Waals surface area contributed by atoms with E-state index in [0.717, 1.165) is 21.1 Å². The number of fused-ring (bicyclic) bond motifs is 2. The Kier molecular flexibility index (Phi) is 3.57. The van der Waals surface area contributed by atoms with Crippen LogP contribution in [0.5, 0.6) is 0 Å². The number of amides is 1. The number of hydrogen-bond acceptors (Lipinski definition) is 4. The third-order valence-electron chi connectivity index (χ3n) is 3.90. The highest BCUT2D eigenvalue weighted by Crippen LogP contribution is 2.28. The van der Waals surface area contributed by atoms with Crippen molar-refractivity contribution in [2.45, 2.75) is 13.5 Å². The van der Waals surface area contributed by atoms with Crippen LogP contribution in [0.15, 0.2) is 51.5 Å². The molecule has 0 atom stereocenters. The first-order valence-electron chi connectivity index (χ1n) is 7.39. The minimum atomic E-state index is -0.271. The molecule has 3 aromatic heterocycles. The highest BCUT2D eigenvalue weighted by atomic mass is 79.9. The first-order valence-corrected chi connectivity index (χ1v) is 8.18. The minimum absolute atomic E-state index is 0.268. The van der Waals surface area contributed by atoms with Gasteiger partial charge < -0.3 is 9.73 Å². The smallest absolute Gasteiger partial charge is 0.287 e. The second-order valence-corrected chi connectivity index (χ2v) is 6.34. The molecule has 3 heterocycles. The van der Waals surface area contributed by atoms with Crippen LogP contribution in [0.3, 0.4) is 0 Å². The summed E-state index contributed by atoms with van der Waals surface area (Å²) in [5, 5.41) is 11.9. The van der Waals surface area contributed by atoms with Gasteiger partial charge in [-0.1, -0.05) is 22.0 Å². The minimum Gasteiger partial charge on any atom is -0.451 e. The Morgan fingerprint density at radius 3 is 3.04 bits per heavy atom. The van der Waals surface area contributed by atoms with Crippen molar-refractivity contribution in [1.29, 1.82) is 0 Å². The molecule has 4 aromatic rings. The molecule has 0 unspecified atom stereocenters. The summed E-state index contributed by atoms with van der Waals surface area (Å²) < 4.78 is 8.48. The van der Waals surface area contributed by atoms with Crippen molar-refractivity contribution in [1.82, 2.24) is 19.9 Å². The largest absolute Gasteiger partial charge is 0.451 e. The first-order chi connectivity index (χ1) is 11.6. The number of halogens is 1. The molecule has 7 heteroatoms. The molecule has 0 fully saturated rings. The van der Waals surface area contributed by atoms with Gasteiger partial charge in [0.05, 0.1) is 6.54 Å². The number of aromatic nitrogens is 3. The Bertz CT molecular complexity index is 1070. The fourth-order valence-corrected chi connectivity index (χ4v) is 3.02. The van der Waals surface area contributed by atoms with Crippen LogP contribution in [0.25, 0.3) is 16.6 Å². The zero-order valence-electron chi connectivity index (χ0n) is 12.8. The molecule has 0 spiro atoms. The number of furan rings is 1. The predicted molar refractivity (Wildman–Crippen MR) is 92.8 cm³/mol. The highest BCUT2D eigenvalue weighted by Gasteiger charge is 2.18. The zero-order chi connectivity index (χ0) is 16.7. The van der Waals surface area contributed by atoms with Gasteiger partial charge in [-0.3, -0.25) is 9.20 Å². The lowest BCUT2D eigenvalue weighted by Crippen LogP contribution is -2.24. The Morgan fingerprint density at radius 2 is 2.17 bits per heavy atom. The second-order valence-electron chi connectivity index (χ2n) is 5.42. The molecule has 0 radical (unpaired) electrons. The van der Waals surface area contributed by atoms with Crippen molar-refractivity contribution >= 4 is 38.5 Å². The number of carbonyl (C=O) groups excluding carboxylic acids is 1. The Labute approximate surface area is 145 Å². The van der Waals surface area contributed by atoms with E-state index in [1.807, 2.05) is 53.9 Å².